The number of amides is 1. The van der Waals surface area contributed by atoms with E-state index in [1.54, 1.807) is 19.2 Å². The number of methoxy groups -OCH3 is 1. The number of halogens is 1. The fourth-order valence-corrected chi connectivity index (χ4v) is 3.98. The van der Waals surface area contributed by atoms with Gasteiger partial charge in [-0.3, -0.25) is 9.69 Å². The van der Waals surface area contributed by atoms with Crippen LogP contribution in [-0.2, 0) is 4.74 Å². The molecule has 0 aromatic heterocycles. The first-order chi connectivity index (χ1) is 10.6. The minimum atomic E-state index is -0.921. The van der Waals surface area contributed by atoms with Crippen molar-refractivity contribution in [2.75, 3.05) is 13.7 Å². The van der Waals surface area contributed by atoms with Crippen LogP contribution in [0.5, 0.6) is 0 Å². The summed E-state index contributed by atoms with van der Waals surface area (Å²) < 4.78 is 5.56. The van der Waals surface area contributed by atoms with Crippen LogP contribution in [0.25, 0.3) is 0 Å². The number of carbonyl (C=O) groups is 1. The standard InChI is InChI=1S/C16H22ClN3O2/c1-22-13-10-20-12(8-5-9-14(20)17)16(13,18)19-15(21)11-6-3-2-4-7-11/h2-4,6-7,12-14H,5,8-10,18H2,1H3,(H,19,21). The zero-order chi connectivity index (χ0) is 15.7. The van der Waals surface area contributed by atoms with E-state index in [1.807, 2.05) is 18.2 Å². The molecule has 6 heteroatoms. The van der Waals surface area contributed by atoms with Crippen molar-refractivity contribution in [3.8, 4) is 0 Å². The van der Waals surface area contributed by atoms with Crippen molar-refractivity contribution in [3.05, 3.63) is 35.9 Å². The zero-order valence-corrected chi connectivity index (χ0v) is 13.4. The van der Waals surface area contributed by atoms with E-state index in [4.69, 9.17) is 22.1 Å². The molecule has 3 N–H and O–H groups in total. The van der Waals surface area contributed by atoms with Crippen LogP contribution in [0.2, 0.25) is 0 Å². The van der Waals surface area contributed by atoms with Gasteiger partial charge < -0.3 is 15.8 Å². The molecular formula is C16H22ClN3O2. The molecule has 1 aromatic rings. The third kappa shape index (κ3) is 2.63. The summed E-state index contributed by atoms with van der Waals surface area (Å²) in [5.41, 5.74) is 6.24. The second-order valence-electron chi connectivity index (χ2n) is 6.06. The molecule has 1 amide bonds. The first kappa shape index (κ1) is 15.7. The van der Waals surface area contributed by atoms with Crippen LogP contribution in [0.15, 0.2) is 30.3 Å². The maximum atomic E-state index is 12.5. The van der Waals surface area contributed by atoms with Crippen molar-refractivity contribution >= 4 is 17.5 Å². The molecule has 3 rings (SSSR count). The molecule has 0 spiro atoms. The van der Waals surface area contributed by atoms with E-state index in [1.165, 1.54) is 0 Å². The molecule has 2 saturated heterocycles. The predicted molar refractivity (Wildman–Crippen MR) is 85.6 cm³/mol. The van der Waals surface area contributed by atoms with Gasteiger partial charge in [-0.25, -0.2) is 0 Å². The van der Waals surface area contributed by atoms with Gasteiger partial charge in [0.05, 0.1) is 11.5 Å². The maximum absolute atomic E-state index is 12.5. The minimum absolute atomic E-state index is 0.00126. The number of benzene rings is 1. The van der Waals surface area contributed by atoms with E-state index >= 15 is 0 Å². The van der Waals surface area contributed by atoms with Gasteiger partial charge in [0.1, 0.15) is 11.8 Å². The number of hydrogen-bond donors (Lipinski definition) is 2. The minimum Gasteiger partial charge on any atom is -0.376 e. The van der Waals surface area contributed by atoms with Crippen molar-refractivity contribution in [1.82, 2.24) is 10.2 Å². The van der Waals surface area contributed by atoms with E-state index in [2.05, 4.69) is 10.2 Å². The topological polar surface area (TPSA) is 67.6 Å². The Balaban J connectivity index is 1.84. The summed E-state index contributed by atoms with van der Waals surface area (Å²) in [6.45, 7) is 0.640. The number of rotatable bonds is 3. The van der Waals surface area contributed by atoms with E-state index in [0.29, 0.717) is 12.1 Å². The SMILES string of the molecule is COC1CN2C(Cl)CCCC2C1(N)NC(=O)c1ccccc1. The highest BCUT2D eigenvalue weighted by Gasteiger charge is 2.55. The van der Waals surface area contributed by atoms with Gasteiger partial charge in [0.15, 0.2) is 0 Å². The smallest absolute Gasteiger partial charge is 0.252 e. The molecule has 0 aliphatic carbocycles. The molecule has 0 bridgehead atoms. The largest absolute Gasteiger partial charge is 0.376 e. The van der Waals surface area contributed by atoms with Gasteiger partial charge in [-0.1, -0.05) is 18.2 Å². The summed E-state index contributed by atoms with van der Waals surface area (Å²) in [5.74, 6) is -0.177. The molecule has 2 aliphatic heterocycles. The highest BCUT2D eigenvalue weighted by molar-refractivity contribution is 6.20. The van der Waals surface area contributed by atoms with Crippen LogP contribution >= 0.6 is 11.6 Å². The molecule has 5 nitrogen and oxygen atoms in total. The van der Waals surface area contributed by atoms with Crippen molar-refractivity contribution < 1.29 is 9.53 Å². The normalized spacial score (nSPS) is 35.1. The Bertz CT molecular complexity index is 541. The Kier molecular flexibility index (Phi) is 4.41. The van der Waals surface area contributed by atoms with E-state index < -0.39 is 5.66 Å². The predicted octanol–water partition coefficient (Wildman–Crippen LogP) is 1.52. The monoisotopic (exact) mass is 323 g/mol. The summed E-state index contributed by atoms with van der Waals surface area (Å²) in [5, 5.41) is 3.01. The summed E-state index contributed by atoms with van der Waals surface area (Å²) >= 11 is 6.42. The fourth-order valence-electron chi connectivity index (χ4n) is 3.61. The summed E-state index contributed by atoms with van der Waals surface area (Å²) in [4.78, 5) is 14.7. The second kappa shape index (κ2) is 6.16. The van der Waals surface area contributed by atoms with Gasteiger partial charge in [-0.05, 0) is 31.4 Å². The van der Waals surface area contributed by atoms with Crippen LogP contribution in [0.4, 0.5) is 0 Å². The second-order valence-corrected chi connectivity index (χ2v) is 6.56. The summed E-state index contributed by atoms with van der Waals surface area (Å²) in [6.07, 6.45) is 2.59. The van der Waals surface area contributed by atoms with E-state index in [0.717, 1.165) is 19.3 Å². The van der Waals surface area contributed by atoms with Crippen molar-refractivity contribution in [3.63, 3.8) is 0 Å². The van der Waals surface area contributed by atoms with Gasteiger partial charge in [0.25, 0.3) is 5.91 Å². The van der Waals surface area contributed by atoms with Crippen LogP contribution in [0, 0.1) is 0 Å². The third-order valence-corrected chi connectivity index (χ3v) is 5.26. The van der Waals surface area contributed by atoms with Crippen LogP contribution in [-0.4, -0.2) is 47.8 Å². The van der Waals surface area contributed by atoms with Crippen molar-refractivity contribution in [1.29, 1.82) is 0 Å². The van der Waals surface area contributed by atoms with Gasteiger partial charge in [0, 0.05) is 19.2 Å². The number of carbonyl (C=O) groups excluding carboxylic acids is 1. The number of fused-ring (bicyclic) bond motifs is 1. The number of alkyl halides is 1. The maximum Gasteiger partial charge on any atom is 0.252 e. The number of nitrogens with zero attached hydrogens (tertiary/aromatic N) is 1. The third-order valence-electron chi connectivity index (χ3n) is 4.79. The molecule has 2 fully saturated rings. The van der Waals surface area contributed by atoms with Gasteiger partial charge in [-0.2, -0.15) is 0 Å². The molecule has 0 saturated carbocycles. The summed E-state index contributed by atoms with van der Waals surface area (Å²) in [7, 11) is 1.63. The van der Waals surface area contributed by atoms with Crippen LogP contribution < -0.4 is 11.1 Å². The molecule has 0 radical (unpaired) electrons. The highest BCUT2D eigenvalue weighted by atomic mass is 35.5. The number of nitrogens with one attached hydrogen (secondary N) is 1. The molecule has 120 valence electrons. The molecule has 2 aliphatic rings. The number of ether oxygens (including phenoxy) is 1. The number of hydrogen-bond acceptors (Lipinski definition) is 4. The van der Waals surface area contributed by atoms with Gasteiger partial charge in [0.2, 0.25) is 0 Å². The van der Waals surface area contributed by atoms with Gasteiger partial charge >= 0.3 is 0 Å². The Morgan fingerprint density at radius 3 is 2.82 bits per heavy atom. The molecule has 22 heavy (non-hydrogen) atoms. The van der Waals surface area contributed by atoms with Crippen LogP contribution in [0.1, 0.15) is 29.6 Å². The molecule has 4 atom stereocenters. The number of nitrogens with two attached hydrogens (primary N) is 1. The number of piperidine rings is 1. The molecular weight excluding hydrogens is 302 g/mol. The first-order valence-corrected chi connectivity index (χ1v) is 8.09. The van der Waals surface area contributed by atoms with Crippen molar-refractivity contribution in [2.24, 2.45) is 5.73 Å². The van der Waals surface area contributed by atoms with E-state index in [9.17, 15) is 4.79 Å². The highest BCUT2D eigenvalue weighted by Crippen LogP contribution is 2.37. The molecule has 2 heterocycles. The lowest BCUT2D eigenvalue weighted by atomic mass is 9.92. The fraction of sp³-hybridized carbons (Fsp3) is 0.562. The van der Waals surface area contributed by atoms with Crippen LogP contribution in [0.3, 0.4) is 0 Å². The van der Waals surface area contributed by atoms with E-state index in [-0.39, 0.29) is 23.6 Å². The Morgan fingerprint density at radius 1 is 1.41 bits per heavy atom. The lowest BCUT2D eigenvalue weighted by Gasteiger charge is -2.41. The Hall–Kier alpha value is -1.14. The first-order valence-electron chi connectivity index (χ1n) is 7.65. The Morgan fingerprint density at radius 2 is 2.14 bits per heavy atom. The average molecular weight is 324 g/mol. The van der Waals surface area contributed by atoms with Crippen molar-refractivity contribution in [2.45, 2.75) is 42.6 Å². The lowest BCUT2D eigenvalue weighted by Crippen LogP contribution is -2.69. The average Bonchev–Trinajstić information content (AvgIpc) is 2.82. The summed E-state index contributed by atoms with van der Waals surface area (Å²) in [6, 6.07) is 9.10. The Labute approximate surface area is 135 Å². The quantitative estimate of drug-likeness (QED) is 0.503. The van der Waals surface area contributed by atoms with Gasteiger partial charge in [-0.15, -0.1) is 11.6 Å². The molecule has 1 aromatic carbocycles. The molecule has 4 unspecified atom stereocenters. The lowest BCUT2D eigenvalue weighted by molar-refractivity contribution is 0.0365. The zero-order valence-electron chi connectivity index (χ0n) is 12.7.